The molecule has 7 heteroatoms. The first-order valence-corrected chi connectivity index (χ1v) is 6.47. The van der Waals surface area contributed by atoms with Crippen LogP contribution in [0.15, 0.2) is 0 Å². The van der Waals surface area contributed by atoms with Gasteiger partial charge in [0, 0.05) is 26.1 Å². The van der Waals surface area contributed by atoms with Crippen LogP contribution in [0, 0.1) is 0 Å². The number of carbonyl (C=O) groups is 3. The lowest BCUT2D eigenvalue weighted by Gasteiger charge is -2.30. The smallest absolute Gasteiger partial charge is 0.313 e. The van der Waals surface area contributed by atoms with Crippen LogP contribution in [0.3, 0.4) is 0 Å². The van der Waals surface area contributed by atoms with E-state index in [0.29, 0.717) is 19.4 Å². The van der Waals surface area contributed by atoms with Gasteiger partial charge in [-0.1, -0.05) is 0 Å². The Balaban J connectivity index is 2.22. The Morgan fingerprint density at radius 2 is 2.24 bits per heavy atom. The van der Waals surface area contributed by atoms with Crippen LogP contribution in [0.5, 0.6) is 0 Å². The number of aliphatic carboxylic acids is 1. The summed E-state index contributed by atoms with van der Waals surface area (Å²) in [5, 5.41) is 11.2. The van der Waals surface area contributed by atoms with E-state index < -0.39 is 5.97 Å². The molecule has 0 aliphatic carbocycles. The molecule has 2 N–H and O–H groups in total. The lowest BCUT2D eigenvalue weighted by molar-refractivity contribution is -0.134. The first kappa shape index (κ1) is 13.8. The van der Waals surface area contributed by atoms with Crippen molar-refractivity contribution in [3.05, 3.63) is 0 Å². The highest BCUT2D eigenvalue weighted by atomic mass is 32.2. The molecule has 0 aromatic heterocycles. The van der Waals surface area contributed by atoms with Crippen LogP contribution >= 0.6 is 11.8 Å². The van der Waals surface area contributed by atoms with Crippen LogP contribution in [-0.4, -0.2) is 58.9 Å². The number of amides is 2. The number of rotatable bonds is 5. The van der Waals surface area contributed by atoms with Gasteiger partial charge in [0.1, 0.15) is 0 Å². The third-order valence-corrected chi connectivity index (χ3v) is 3.37. The Morgan fingerprint density at radius 3 is 2.82 bits per heavy atom. The zero-order valence-corrected chi connectivity index (χ0v) is 10.5. The van der Waals surface area contributed by atoms with Gasteiger partial charge >= 0.3 is 5.97 Å². The fourth-order valence-electron chi connectivity index (χ4n) is 1.63. The summed E-state index contributed by atoms with van der Waals surface area (Å²) in [5.41, 5.74) is 0. The molecule has 1 aliphatic rings. The molecule has 0 saturated carbocycles. The normalized spacial score (nSPS) is 20.2. The minimum Gasteiger partial charge on any atom is -0.481 e. The Kier molecular flexibility index (Phi) is 5.27. The number of carbonyl (C=O) groups excluding carboxylic acids is 2. The molecule has 0 spiro atoms. The van der Waals surface area contributed by atoms with Crippen LogP contribution in [0.2, 0.25) is 0 Å². The van der Waals surface area contributed by atoms with E-state index in [4.69, 9.17) is 5.11 Å². The van der Waals surface area contributed by atoms with Crippen molar-refractivity contribution in [2.45, 2.75) is 18.9 Å². The zero-order valence-electron chi connectivity index (χ0n) is 9.64. The van der Waals surface area contributed by atoms with E-state index in [0.717, 1.165) is 11.8 Å². The largest absolute Gasteiger partial charge is 0.481 e. The van der Waals surface area contributed by atoms with E-state index in [2.05, 4.69) is 5.32 Å². The summed E-state index contributed by atoms with van der Waals surface area (Å²) in [7, 11) is 1.71. The van der Waals surface area contributed by atoms with E-state index in [-0.39, 0.29) is 29.4 Å². The maximum atomic E-state index is 11.5. The third kappa shape index (κ3) is 5.08. The molecule has 1 heterocycles. The van der Waals surface area contributed by atoms with Crippen LogP contribution in [-0.2, 0) is 14.4 Å². The van der Waals surface area contributed by atoms with Gasteiger partial charge in [0.2, 0.25) is 11.8 Å². The van der Waals surface area contributed by atoms with Crippen molar-refractivity contribution in [1.82, 2.24) is 10.2 Å². The van der Waals surface area contributed by atoms with Gasteiger partial charge < -0.3 is 15.3 Å². The first-order valence-electron chi connectivity index (χ1n) is 5.32. The second-order valence-electron chi connectivity index (χ2n) is 3.96. The SMILES string of the molecule is CN1CC(NC(=O)CSCC(=O)O)CCC1=O. The number of likely N-dealkylation sites (tertiary alicyclic amines) is 1. The number of carboxylic acids is 1. The highest BCUT2D eigenvalue weighted by Crippen LogP contribution is 2.10. The van der Waals surface area contributed by atoms with Gasteiger partial charge in [0.05, 0.1) is 11.5 Å². The molecular formula is C10H16N2O4S. The third-order valence-electron chi connectivity index (χ3n) is 2.45. The quantitative estimate of drug-likeness (QED) is 0.698. The fraction of sp³-hybridized carbons (Fsp3) is 0.700. The monoisotopic (exact) mass is 260 g/mol. The molecular weight excluding hydrogens is 244 g/mol. The van der Waals surface area contributed by atoms with Crippen molar-refractivity contribution in [1.29, 1.82) is 0 Å². The number of hydrogen-bond donors (Lipinski definition) is 2. The van der Waals surface area contributed by atoms with E-state index in [1.165, 1.54) is 0 Å². The van der Waals surface area contributed by atoms with Gasteiger partial charge in [-0.3, -0.25) is 14.4 Å². The van der Waals surface area contributed by atoms with Crippen molar-refractivity contribution in [2.24, 2.45) is 0 Å². The lowest BCUT2D eigenvalue weighted by atomic mass is 10.1. The summed E-state index contributed by atoms with van der Waals surface area (Å²) >= 11 is 1.07. The number of nitrogens with one attached hydrogen (secondary N) is 1. The van der Waals surface area contributed by atoms with Gasteiger partial charge in [-0.15, -0.1) is 11.8 Å². The molecule has 0 aromatic rings. The number of likely N-dealkylation sites (N-methyl/N-ethyl adjacent to an activating group) is 1. The summed E-state index contributed by atoms with van der Waals surface area (Å²) in [4.78, 5) is 34.5. The van der Waals surface area contributed by atoms with Crippen LogP contribution in [0.4, 0.5) is 0 Å². The molecule has 1 rings (SSSR count). The second kappa shape index (κ2) is 6.48. The predicted octanol–water partition coefficient (Wildman–Crippen LogP) is -0.459. The molecule has 17 heavy (non-hydrogen) atoms. The van der Waals surface area contributed by atoms with Gasteiger partial charge in [-0.05, 0) is 6.42 Å². The summed E-state index contributed by atoms with van der Waals surface area (Å²) in [5.74, 6) is -0.942. The van der Waals surface area contributed by atoms with Crippen molar-refractivity contribution < 1.29 is 19.5 Å². The number of carboxylic acid groups (broad SMARTS) is 1. The summed E-state index contributed by atoms with van der Waals surface area (Å²) in [6.45, 7) is 0.522. The van der Waals surface area contributed by atoms with Gasteiger partial charge in [-0.25, -0.2) is 0 Å². The molecule has 0 radical (unpaired) electrons. The molecule has 1 fully saturated rings. The Hall–Kier alpha value is -1.24. The summed E-state index contributed by atoms with van der Waals surface area (Å²) < 4.78 is 0. The minimum atomic E-state index is -0.925. The average Bonchev–Trinajstić information content (AvgIpc) is 2.23. The van der Waals surface area contributed by atoms with Crippen LogP contribution in [0.25, 0.3) is 0 Å². The number of piperidine rings is 1. The van der Waals surface area contributed by atoms with Crippen molar-refractivity contribution in [2.75, 3.05) is 25.1 Å². The van der Waals surface area contributed by atoms with Gasteiger partial charge in [0.15, 0.2) is 0 Å². The van der Waals surface area contributed by atoms with Gasteiger partial charge in [0.25, 0.3) is 0 Å². The van der Waals surface area contributed by atoms with Crippen molar-refractivity contribution in [3.8, 4) is 0 Å². The van der Waals surface area contributed by atoms with E-state index >= 15 is 0 Å². The molecule has 1 unspecified atom stereocenters. The lowest BCUT2D eigenvalue weighted by Crippen LogP contribution is -2.48. The van der Waals surface area contributed by atoms with Gasteiger partial charge in [-0.2, -0.15) is 0 Å². The maximum absolute atomic E-state index is 11.5. The minimum absolute atomic E-state index is 0.0179. The molecule has 2 amide bonds. The van der Waals surface area contributed by atoms with E-state index in [1.54, 1.807) is 11.9 Å². The molecule has 1 atom stereocenters. The highest BCUT2D eigenvalue weighted by Gasteiger charge is 2.23. The maximum Gasteiger partial charge on any atom is 0.313 e. The molecule has 1 saturated heterocycles. The average molecular weight is 260 g/mol. The molecule has 6 nitrogen and oxygen atoms in total. The number of thioether (sulfide) groups is 1. The molecule has 0 bridgehead atoms. The number of nitrogens with zero attached hydrogens (tertiary/aromatic N) is 1. The predicted molar refractivity (Wildman–Crippen MR) is 63.8 cm³/mol. The molecule has 96 valence electrons. The second-order valence-corrected chi connectivity index (χ2v) is 4.95. The van der Waals surface area contributed by atoms with Crippen LogP contribution < -0.4 is 5.32 Å². The van der Waals surface area contributed by atoms with Crippen molar-refractivity contribution >= 4 is 29.5 Å². The highest BCUT2D eigenvalue weighted by molar-refractivity contribution is 8.00. The van der Waals surface area contributed by atoms with Crippen LogP contribution in [0.1, 0.15) is 12.8 Å². The Labute approximate surface area is 104 Å². The first-order chi connectivity index (χ1) is 7.99. The molecule has 1 aliphatic heterocycles. The zero-order chi connectivity index (χ0) is 12.8. The standard InChI is InChI=1S/C10H16N2O4S/c1-12-4-7(2-3-9(12)14)11-8(13)5-17-6-10(15)16/h7H,2-6H2,1H3,(H,11,13)(H,15,16). The summed E-state index contributed by atoms with van der Waals surface area (Å²) in [6.07, 6.45) is 1.10. The fourth-order valence-corrected chi connectivity index (χ4v) is 2.18. The van der Waals surface area contributed by atoms with E-state index in [9.17, 15) is 14.4 Å². The Bertz CT molecular complexity index is 321. The summed E-state index contributed by atoms with van der Waals surface area (Å²) in [6, 6.07) is -0.0179. The topological polar surface area (TPSA) is 86.7 Å². The Morgan fingerprint density at radius 1 is 1.53 bits per heavy atom. The van der Waals surface area contributed by atoms with Crippen molar-refractivity contribution in [3.63, 3.8) is 0 Å². The van der Waals surface area contributed by atoms with E-state index in [1.807, 2.05) is 0 Å². The molecule has 0 aromatic carbocycles. The number of hydrogen-bond acceptors (Lipinski definition) is 4.